The number of anilines is 2. The minimum absolute atomic E-state index is 0.0260. The van der Waals surface area contributed by atoms with Gasteiger partial charge in [-0.25, -0.2) is 4.68 Å². The van der Waals surface area contributed by atoms with Gasteiger partial charge in [-0.3, -0.25) is 19.7 Å². The molecule has 0 aliphatic carbocycles. The summed E-state index contributed by atoms with van der Waals surface area (Å²) in [7, 11) is 1.48. The first-order valence-corrected chi connectivity index (χ1v) is 8.74. The lowest BCUT2D eigenvalue weighted by Gasteiger charge is -2.12. The predicted octanol–water partition coefficient (Wildman–Crippen LogP) is 2.70. The van der Waals surface area contributed by atoms with Crippen molar-refractivity contribution in [1.82, 2.24) is 15.0 Å². The second-order valence-corrected chi connectivity index (χ2v) is 6.26. The summed E-state index contributed by atoms with van der Waals surface area (Å²) in [6, 6.07) is 10.6. The first-order chi connectivity index (χ1) is 14.3. The van der Waals surface area contributed by atoms with Crippen molar-refractivity contribution in [3.63, 3.8) is 0 Å². The van der Waals surface area contributed by atoms with E-state index in [2.05, 4.69) is 20.9 Å². The zero-order chi connectivity index (χ0) is 21.8. The highest BCUT2D eigenvalue weighted by Gasteiger charge is 2.20. The second kappa shape index (κ2) is 8.39. The van der Waals surface area contributed by atoms with E-state index in [0.29, 0.717) is 28.5 Å². The van der Waals surface area contributed by atoms with Gasteiger partial charge in [0.1, 0.15) is 5.75 Å². The molecule has 1 heterocycles. The quantitative estimate of drug-likeness (QED) is 0.470. The van der Waals surface area contributed by atoms with Gasteiger partial charge in [-0.2, -0.15) is 0 Å². The molecule has 0 bridgehead atoms. The number of hydrogen-bond acceptors (Lipinski definition) is 7. The van der Waals surface area contributed by atoms with Crippen molar-refractivity contribution >= 4 is 28.9 Å². The summed E-state index contributed by atoms with van der Waals surface area (Å²) in [6.07, 6.45) is 0. The van der Waals surface area contributed by atoms with Gasteiger partial charge >= 0.3 is 0 Å². The Bertz CT molecular complexity index is 1140. The number of ether oxygens (including phenoxy) is 1. The maximum atomic E-state index is 12.8. The molecule has 0 radical (unpaired) electrons. The lowest BCUT2D eigenvalue weighted by molar-refractivity contribution is -0.384. The Hall–Kier alpha value is -4.28. The Labute approximate surface area is 170 Å². The Kier molecular flexibility index (Phi) is 5.72. The number of aromatic nitrogens is 3. The number of carbonyl (C=O) groups is 2. The fourth-order valence-electron chi connectivity index (χ4n) is 2.76. The number of benzene rings is 2. The van der Waals surface area contributed by atoms with Crippen LogP contribution < -0.4 is 15.4 Å². The van der Waals surface area contributed by atoms with E-state index < -0.39 is 10.8 Å². The zero-order valence-electron chi connectivity index (χ0n) is 16.4. The fourth-order valence-corrected chi connectivity index (χ4v) is 2.76. The van der Waals surface area contributed by atoms with Crippen LogP contribution >= 0.6 is 0 Å². The number of nitro groups is 1. The van der Waals surface area contributed by atoms with Crippen molar-refractivity contribution in [1.29, 1.82) is 0 Å². The van der Waals surface area contributed by atoms with E-state index in [1.807, 2.05) is 0 Å². The third kappa shape index (κ3) is 4.24. The Morgan fingerprint density at radius 2 is 1.90 bits per heavy atom. The van der Waals surface area contributed by atoms with Crippen LogP contribution in [0.4, 0.5) is 17.1 Å². The zero-order valence-corrected chi connectivity index (χ0v) is 16.4. The molecule has 2 amide bonds. The molecule has 0 fully saturated rings. The minimum Gasteiger partial charge on any atom is -0.497 e. The average Bonchev–Trinajstić information content (AvgIpc) is 3.10. The number of amides is 2. The van der Waals surface area contributed by atoms with Crippen LogP contribution in [-0.2, 0) is 4.79 Å². The summed E-state index contributed by atoms with van der Waals surface area (Å²) in [6.45, 7) is 2.97. The first kappa shape index (κ1) is 20.5. The van der Waals surface area contributed by atoms with E-state index in [4.69, 9.17) is 4.74 Å². The molecule has 0 atom stereocenters. The average molecular weight is 410 g/mol. The van der Waals surface area contributed by atoms with Crippen molar-refractivity contribution in [3.8, 4) is 11.4 Å². The monoisotopic (exact) mass is 410 g/mol. The Morgan fingerprint density at radius 3 is 2.57 bits per heavy atom. The Morgan fingerprint density at radius 1 is 1.13 bits per heavy atom. The molecule has 2 N–H and O–H groups in total. The number of nitrogens with zero attached hydrogens (tertiary/aromatic N) is 4. The van der Waals surface area contributed by atoms with Gasteiger partial charge in [0, 0.05) is 25.1 Å². The van der Waals surface area contributed by atoms with Crippen molar-refractivity contribution in [2.75, 3.05) is 17.7 Å². The third-order valence-electron chi connectivity index (χ3n) is 4.18. The van der Waals surface area contributed by atoms with E-state index in [-0.39, 0.29) is 17.3 Å². The van der Waals surface area contributed by atoms with E-state index in [1.54, 1.807) is 31.2 Å². The summed E-state index contributed by atoms with van der Waals surface area (Å²) in [5.41, 5.74) is 1.41. The molecule has 3 rings (SSSR count). The molecular weight excluding hydrogens is 392 g/mol. The molecule has 154 valence electrons. The largest absolute Gasteiger partial charge is 0.497 e. The van der Waals surface area contributed by atoms with E-state index in [9.17, 15) is 19.7 Å². The van der Waals surface area contributed by atoms with Crippen molar-refractivity contribution in [2.24, 2.45) is 0 Å². The molecule has 0 saturated heterocycles. The van der Waals surface area contributed by atoms with Gasteiger partial charge < -0.3 is 15.4 Å². The van der Waals surface area contributed by atoms with Gasteiger partial charge in [0.05, 0.1) is 34.8 Å². The maximum Gasteiger partial charge on any atom is 0.278 e. The molecule has 0 saturated carbocycles. The molecule has 0 aliphatic rings. The molecule has 0 spiro atoms. The summed E-state index contributed by atoms with van der Waals surface area (Å²) >= 11 is 0. The molecule has 2 aromatic carbocycles. The summed E-state index contributed by atoms with van der Waals surface area (Å²) in [5.74, 6) is -0.385. The van der Waals surface area contributed by atoms with Gasteiger partial charge in [-0.1, -0.05) is 11.3 Å². The Balaban J connectivity index is 1.92. The van der Waals surface area contributed by atoms with Crippen LogP contribution in [0.1, 0.15) is 23.1 Å². The van der Waals surface area contributed by atoms with Crippen LogP contribution in [0.3, 0.4) is 0 Å². The highest BCUT2D eigenvalue weighted by Crippen LogP contribution is 2.28. The van der Waals surface area contributed by atoms with Gasteiger partial charge in [0.15, 0.2) is 5.69 Å². The van der Waals surface area contributed by atoms with Crippen LogP contribution in [0.5, 0.6) is 5.75 Å². The van der Waals surface area contributed by atoms with Crippen LogP contribution in [0.25, 0.3) is 5.69 Å². The second-order valence-electron chi connectivity index (χ2n) is 6.26. The SMILES string of the molecule is COc1ccc(NC(C)=O)c(NC(=O)c2nnn(-c3cccc([N+](=O)[O-])c3)c2C)c1. The molecule has 11 nitrogen and oxygen atoms in total. The molecule has 3 aromatic rings. The van der Waals surface area contributed by atoms with E-state index >= 15 is 0 Å². The van der Waals surface area contributed by atoms with Crippen LogP contribution in [0, 0.1) is 17.0 Å². The maximum absolute atomic E-state index is 12.8. The predicted molar refractivity (Wildman–Crippen MR) is 108 cm³/mol. The number of carbonyl (C=O) groups excluding carboxylic acids is 2. The van der Waals surface area contributed by atoms with Gasteiger partial charge in [-0.15, -0.1) is 5.10 Å². The highest BCUT2D eigenvalue weighted by atomic mass is 16.6. The van der Waals surface area contributed by atoms with Gasteiger partial charge in [-0.05, 0) is 25.1 Å². The first-order valence-electron chi connectivity index (χ1n) is 8.74. The molecule has 1 aromatic heterocycles. The number of non-ortho nitro benzene ring substituents is 1. The van der Waals surface area contributed by atoms with Crippen molar-refractivity contribution in [2.45, 2.75) is 13.8 Å². The van der Waals surface area contributed by atoms with E-state index in [0.717, 1.165) is 0 Å². The number of hydrogen-bond donors (Lipinski definition) is 2. The van der Waals surface area contributed by atoms with Crippen molar-refractivity contribution < 1.29 is 19.2 Å². The highest BCUT2D eigenvalue weighted by molar-refractivity contribution is 6.06. The van der Waals surface area contributed by atoms with Gasteiger partial charge in [0.25, 0.3) is 11.6 Å². The smallest absolute Gasteiger partial charge is 0.278 e. The number of nitro benzene ring substituents is 1. The molecule has 0 aliphatic heterocycles. The van der Waals surface area contributed by atoms with Gasteiger partial charge in [0.2, 0.25) is 5.91 Å². The van der Waals surface area contributed by atoms with Crippen molar-refractivity contribution in [3.05, 3.63) is 64.0 Å². The molecule has 0 unspecified atom stereocenters. The lowest BCUT2D eigenvalue weighted by atomic mass is 10.2. The normalized spacial score (nSPS) is 10.4. The number of methoxy groups -OCH3 is 1. The number of nitrogens with one attached hydrogen (secondary N) is 2. The standard InChI is InChI=1S/C19H18N6O5/c1-11-18(22-23-24(11)13-5-4-6-14(9-13)25(28)29)19(27)21-17-10-15(30-3)7-8-16(17)20-12(2)26/h4-10H,1-3H3,(H,20,26)(H,21,27). The van der Waals surface area contributed by atoms with Crippen LogP contribution in [-0.4, -0.2) is 38.8 Å². The van der Waals surface area contributed by atoms with Crippen LogP contribution in [0.15, 0.2) is 42.5 Å². The fraction of sp³-hybridized carbons (Fsp3) is 0.158. The lowest BCUT2D eigenvalue weighted by Crippen LogP contribution is -2.17. The molecule has 30 heavy (non-hydrogen) atoms. The third-order valence-corrected chi connectivity index (χ3v) is 4.18. The summed E-state index contributed by atoms with van der Waals surface area (Å²) in [4.78, 5) is 34.7. The summed E-state index contributed by atoms with van der Waals surface area (Å²) < 4.78 is 6.50. The molecular formula is C19H18N6O5. The van der Waals surface area contributed by atoms with E-state index in [1.165, 1.54) is 36.9 Å². The number of rotatable bonds is 6. The topological polar surface area (TPSA) is 141 Å². The minimum atomic E-state index is -0.566. The molecule has 11 heteroatoms. The van der Waals surface area contributed by atoms with Crippen LogP contribution in [0.2, 0.25) is 0 Å². The summed E-state index contributed by atoms with van der Waals surface area (Å²) in [5, 5.41) is 24.2.